The van der Waals surface area contributed by atoms with Crippen LogP contribution in [0.1, 0.15) is 24.0 Å². The second-order valence-electron chi connectivity index (χ2n) is 3.71. The van der Waals surface area contributed by atoms with E-state index in [0.717, 1.165) is 11.5 Å². The number of sulfone groups is 1. The van der Waals surface area contributed by atoms with Gasteiger partial charge in [0.1, 0.15) is 21.4 Å². The van der Waals surface area contributed by atoms with Crippen LogP contribution in [0.5, 0.6) is 0 Å². The molecule has 1 atom stereocenters. The van der Waals surface area contributed by atoms with E-state index >= 15 is 0 Å². The summed E-state index contributed by atoms with van der Waals surface area (Å²) in [6.45, 7) is 1.87. The summed E-state index contributed by atoms with van der Waals surface area (Å²) in [6.07, 6.45) is 1.77. The largest absolute Gasteiger partial charge is 0.465 e. The number of hydrogen-bond acceptors (Lipinski definition) is 4. The molecule has 0 spiro atoms. The maximum absolute atomic E-state index is 11.0. The Balaban J connectivity index is 2.65. The minimum absolute atomic E-state index is 0.0339. The lowest BCUT2D eigenvalue weighted by Crippen LogP contribution is -2.19. The van der Waals surface area contributed by atoms with Gasteiger partial charge in [-0.15, -0.1) is 0 Å². The van der Waals surface area contributed by atoms with Gasteiger partial charge in [0.05, 0.1) is 11.8 Å². The van der Waals surface area contributed by atoms with Crippen LogP contribution in [-0.4, -0.2) is 27.5 Å². The molecule has 0 radical (unpaired) electrons. The summed E-state index contributed by atoms with van der Waals surface area (Å²) in [5.41, 5.74) is 0. The van der Waals surface area contributed by atoms with Crippen molar-refractivity contribution in [3.63, 3.8) is 0 Å². The molecule has 1 aromatic heterocycles. The molecule has 0 amide bonds. The molecule has 5 heteroatoms. The van der Waals surface area contributed by atoms with Gasteiger partial charge in [-0.1, -0.05) is 0 Å². The van der Waals surface area contributed by atoms with Crippen LogP contribution in [0.3, 0.4) is 0 Å². The highest BCUT2D eigenvalue weighted by Gasteiger charge is 2.15. The summed E-state index contributed by atoms with van der Waals surface area (Å²) in [5.74, 6) is 1.79. The van der Waals surface area contributed by atoms with E-state index in [2.05, 4.69) is 5.32 Å². The fourth-order valence-corrected chi connectivity index (χ4v) is 2.07. The predicted octanol–water partition coefficient (Wildman–Crippen LogP) is 1.28. The first-order valence-corrected chi connectivity index (χ1v) is 6.90. The van der Waals surface area contributed by atoms with Crippen LogP contribution in [0, 0.1) is 6.92 Å². The monoisotopic (exact) mass is 231 g/mol. The van der Waals surface area contributed by atoms with Crippen molar-refractivity contribution >= 4 is 9.84 Å². The molecule has 1 N–H and O–H groups in total. The minimum atomic E-state index is -2.91. The molecule has 1 unspecified atom stereocenters. The Morgan fingerprint density at radius 2 is 2.13 bits per heavy atom. The quantitative estimate of drug-likeness (QED) is 0.829. The van der Waals surface area contributed by atoms with E-state index in [1.807, 2.05) is 19.1 Å². The van der Waals surface area contributed by atoms with Crippen molar-refractivity contribution in [2.24, 2.45) is 0 Å². The summed E-state index contributed by atoms with van der Waals surface area (Å²) in [5, 5.41) is 3.05. The van der Waals surface area contributed by atoms with Gasteiger partial charge in [-0.25, -0.2) is 8.42 Å². The SMILES string of the molecule is CNC(CCS(C)(=O)=O)c1ccc(C)o1. The zero-order valence-electron chi connectivity index (χ0n) is 9.28. The number of nitrogens with one attached hydrogen (secondary N) is 1. The first-order valence-electron chi connectivity index (χ1n) is 4.83. The van der Waals surface area contributed by atoms with Gasteiger partial charge in [0.15, 0.2) is 0 Å². The standard InChI is InChI=1S/C10H17NO3S/c1-8-4-5-10(14-8)9(11-2)6-7-15(3,12)13/h4-5,9,11H,6-7H2,1-3H3. The van der Waals surface area contributed by atoms with E-state index in [0.29, 0.717) is 6.42 Å². The van der Waals surface area contributed by atoms with Crippen LogP contribution in [0.25, 0.3) is 0 Å². The molecule has 0 saturated carbocycles. The molecule has 0 fully saturated rings. The third kappa shape index (κ3) is 4.05. The van der Waals surface area contributed by atoms with Gasteiger partial charge in [0.2, 0.25) is 0 Å². The van der Waals surface area contributed by atoms with Crippen molar-refractivity contribution < 1.29 is 12.8 Å². The number of aryl methyl sites for hydroxylation is 1. The van der Waals surface area contributed by atoms with Gasteiger partial charge < -0.3 is 9.73 Å². The molecule has 0 saturated heterocycles. The van der Waals surface area contributed by atoms with Crippen LogP contribution in [0.4, 0.5) is 0 Å². The second kappa shape index (κ2) is 4.81. The van der Waals surface area contributed by atoms with Crippen molar-refractivity contribution in [3.8, 4) is 0 Å². The van der Waals surface area contributed by atoms with Crippen LogP contribution in [-0.2, 0) is 9.84 Å². The topological polar surface area (TPSA) is 59.3 Å². The molecule has 86 valence electrons. The Kier molecular flexibility index (Phi) is 3.93. The molecular formula is C10H17NO3S. The summed E-state index contributed by atoms with van der Waals surface area (Å²) >= 11 is 0. The number of hydrogen-bond donors (Lipinski definition) is 1. The van der Waals surface area contributed by atoms with Crippen molar-refractivity contribution in [1.29, 1.82) is 0 Å². The fourth-order valence-electron chi connectivity index (χ4n) is 1.40. The van der Waals surface area contributed by atoms with Crippen LogP contribution in [0.2, 0.25) is 0 Å². The summed E-state index contributed by atoms with van der Waals surface area (Å²) in [7, 11) is -1.12. The van der Waals surface area contributed by atoms with Gasteiger partial charge in [0.25, 0.3) is 0 Å². The fraction of sp³-hybridized carbons (Fsp3) is 0.600. The molecule has 1 heterocycles. The molecule has 1 rings (SSSR count). The second-order valence-corrected chi connectivity index (χ2v) is 5.97. The van der Waals surface area contributed by atoms with Crippen LogP contribution >= 0.6 is 0 Å². The Labute approximate surface area is 90.6 Å². The molecule has 15 heavy (non-hydrogen) atoms. The normalized spacial score (nSPS) is 14.1. The lowest BCUT2D eigenvalue weighted by Gasteiger charge is -2.12. The zero-order chi connectivity index (χ0) is 11.5. The van der Waals surface area contributed by atoms with Gasteiger partial charge in [-0.3, -0.25) is 0 Å². The van der Waals surface area contributed by atoms with Crippen molar-refractivity contribution in [3.05, 3.63) is 23.7 Å². The van der Waals surface area contributed by atoms with Crippen molar-refractivity contribution in [2.75, 3.05) is 19.1 Å². The third-order valence-electron chi connectivity index (χ3n) is 2.23. The maximum atomic E-state index is 11.0. The lowest BCUT2D eigenvalue weighted by atomic mass is 10.2. The van der Waals surface area contributed by atoms with E-state index in [9.17, 15) is 8.42 Å². The molecule has 4 nitrogen and oxygen atoms in total. The third-order valence-corrected chi connectivity index (χ3v) is 3.21. The maximum Gasteiger partial charge on any atom is 0.147 e. The average molecular weight is 231 g/mol. The van der Waals surface area contributed by atoms with Gasteiger partial charge in [-0.2, -0.15) is 0 Å². The zero-order valence-corrected chi connectivity index (χ0v) is 10.1. The first-order chi connectivity index (χ1) is 6.92. The van der Waals surface area contributed by atoms with Crippen molar-refractivity contribution in [1.82, 2.24) is 5.32 Å². The molecule has 0 aliphatic carbocycles. The first kappa shape index (κ1) is 12.3. The smallest absolute Gasteiger partial charge is 0.147 e. The molecular weight excluding hydrogens is 214 g/mol. The summed E-state index contributed by atoms with van der Waals surface area (Å²) in [6, 6.07) is 3.72. The van der Waals surface area contributed by atoms with Crippen molar-refractivity contribution in [2.45, 2.75) is 19.4 Å². The summed E-state index contributed by atoms with van der Waals surface area (Å²) < 4.78 is 27.5. The number of furan rings is 1. The van der Waals surface area contributed by atoms with Gasteiger partial charge in [0, 0.05) is 6.26 Å². The highest BCUT2D eigenvalue weighted by atomic mass is 32.2. The number of rotatable bonds is 5. The Morgan fingerprint density at radius 3 is 2.53 bits per heavy atom. The highest BCUT2D eigenvalue weighted by Crippen LogP contribution is 2.19. The van der Waals surface area contributed by atoms with E-state index in [1.54, 1.807) is 7.05 Å². The van der Waals surface area contributed by atoms with Crippen LogP contribution in [0.15, 0.2) is 16.5 Å². The Morgan fingerprint density at radius 1 is 1.47 bits per heavy atom. The Hall–Kier alpha value is -0.810. The van der Waals surface area contributed by atoms with E-state index in [4.69, 9.17) is 4.42 Å². The minimum Gasteiger partial charge on any atom is -0.465 e. The van der Waals surface area contributed by atoms with Crippen LogP contribution < -0.4 is 5.32 Å². The lowest BCUT2D eigenvalue weighted by molar-refractivity contribution is 0.410. The van der Waals surface area contributed by atoms with E-state index < -0.39 is 9.84 Å². The van der Waals surface area contributed by atoms with E-state index in [1.165, 1.54) is 6.26 Å². The van der Waals surface area contributed by atoms with Gasteiger partial charge >= 0.3 is 0 Å². The molecule has 0 aromatic carbocycles. The highest BCUT2D eigenvalue weighted by molar-refractivity contribution is 7.90. The van der Waals surface area contributed by atoms with E-state index in [-0.39, 0.29) is 11.8 Å². The average Bonchev–Trinajstić information content (AvgIpc) is 2.51. The molecule has 0 aliphatic heterocycles. The van der Waals surface area contributed by atoms with Gasteiger partial charge in [-0.05, 0) is 32.5 Å². The Bertz CT molecular complexity index is 408. The molecule has 1 aromatic rings. The predicted molar refractivity (Wildman–Crippen MR) is 59.6 cm³/mol. The molecule has 0 aliphatic rings. The summed E-state index contributed by atoms with van der Waals surface area (Å²) in [4.78, 5) is 0. The molecule has 0 bridgehead atoms.